The SMILES string of the molecule is CCCCCCCCCCCCOC1CCCNC1. The van der Waals surface area contributed by atoms with Crippen molar-refractivity contribution in [3.8, 4) is 0 Å². The summed E-state index contributed by atoms with van der Waals surface area (Å²) in [5.74, 6) is 0. The van der Waals surface area contributed by atoms with Gasteiger partial charge in [0.05, 0.1) is 6.10 Å². The van der Waals surface area contributed by atoms with Crippen LogP contribution in [0, 0.1) is 0 Å². The number of nitrogens with one attached hydrogen (secondary N) is 1. The van der Waals surface area contributed by atoms with Crippen molar-refractivity contribution in [3.63, 3.8) is 0 Å². The zero-order valence-corrected chi connectivity index (χ0v) is 13.1. The lowest BCUT2D eigenvalue weighted by Gasteiger charge is -2.22. The third-order valence-electron chi connectivity index (χ3n) is 4.10. The Morgan fingerprint density at radius 2 is 1.53 bits per heavy atom. The highest BCUT2D eigenvalue weighted by atomic mass is 16.5. The van der Waals surface area contributed by atoms with Crippen LogP contribution in [0.3, 0.4) is 0 Å². The van der Waals surface area contributed by atoms with E-state index in [1.807, 2.05) is 0 Å². The highest BCUT2D eigenvalue weighted by Gasteiger charge is 2.12. The van der Waals surface area contributed by atoms with Crippen LogP contribution < -0.4 is 5.32 Å². The molecule has 0 aromatic carbocycles. The minimum absolute atomic E-state index is 0.493. The van der Waals surface area contributed by atoms with Gasteiger partial charge in [-0.2, -0.15) is 0 Å². The number of hydrogen-bond donors (Lipinski definition) is 1. The molecule has 0 amide bonds. The Morgan fingerprint density at radius 3 is 2.11 bits per heavy atom. The van der Waals surface area contributed by atoms with Crippen LogP contribution in [0.4, 0.5) is 0 Å². The molecule has 1 atom stereocenters. The normalized spacial score (nSPS) is 19.7. The molecule has 0 aromatic rings. The summed E-state index contributed by atoms with van der Waals surface area (Å²) in [6, 6.07) is 0. The van der Waals surface area contributed by atoms with Crippen molar-refractivity contribution >= 4 is 0 Å². The summed E-state index contributed by atoms with van der Waals surface area (Å²) in [5, 5.41) is 3.40. The Labute approximate surface area is 120 Å². The first-order chi connectivity index (χ1) is 9.43. The zero-order valence-electron chi connectivity index (χ0n) is 13.1. The molecule has 0 radical (unpaired) electrons. The summed E-state index contributed by atoms with van der Waals surface area (Å²) in [7, 11) is 0. The monoisotopic (exact) mass is 269 g/mol. The smallest absolute Gasteiger partial charge is 0.0699 e. The maximum atomic E-state index is 5.89. The van der Waals surface area contributed by atoms with Gasteiger partial charge in [0.2, 0.25) is 0 Å². The molecule has 1 saturated heterocycles. The van der Waals surface area contributed by atoms with Gasteiger partial charge in [-0.1, -0.05) is 64.7 Å². The Morgan fingerprint density at radius 1 is 0.895 bits per heavy atom. The van der Waals surface area contributed by atoms with Crippen molar-refractivity contribution in [2.75, 3.05) is 19.7 Å². The fourth-order valence-electron chi connectivity index (χ4n) is 2.80. The molecular formula is C17H35NO. The number of unbranched alkanes of at least 4 members (excludes halogenated alkanes) is 9. The van der Waals surface area contributed by atoms with Crippen LogP contribution in [-0.4, -0.2) is 25.8 Å². The van der Waals surface area contributed by atoms with Crippen LogP contribution in [0.15, 0.2) is 0 Å². The summed E-state index contributed by atoms with van der Waals surface area (Å²) in [4.78, 5) is 0. The molecule has 0 aliphatic carbocycles. The molecule has 0 bridgehead atoms. The second kappa shape index (κ2) is 12.9. The second-order valence-corrected chi connectivity index (χ2v) is 6.02. The van der Waals surface area contributed by atoms with E-state index in [-0.39, 0.29) is 0 Å². The molecule has 1 unspecified atom stereocenters. The maximum absolute atomic E-state index is 5.89. The van der Waals surface area contributed by atoms with E-state index in [4.69, 9.17) is 4.74 Å². The van der Waals surface area contributed by atoms with E-state index in [0.717, 1.165) is 13.2 Å². The minimum Gasteiger partial charge on any atom is -0.377 e. The molecular weight excluding hydrogens is 234 g/mol. The molecule has 0 saturated carbocycles. The first-order valence-corrected chi connectivity index (χ1v) is 8.76. The average molecular weight is 269 g/mol. The van der Waals surface area contributed by atoms with Gasteiger partial charge in [-0.25, -0.2) is 0 Å². The highest BCUT2D eigenvalue weighted by Crippen LogP contribution is 2.11. The van der Waals surface area contributed by atoms with Crippen LogP contribution >= 0.6 is 0 Å². The fourth-order valence-corrected chi connectivity index (χ4v) is 2.80. The molecule has 0 spiro atoms. The number of ether oxygens (including phenoxy) is 1. The second-order valence-electron chi connectivity index (χ2n) is 6.02. The van der Waals surface area contributed by atoms with Crippen molar-refractivity contribution in [1.82, 2.24) is 5.32 Å². The third kappa shape index (κ3) is 10.4. The van der Waals surface area contributed by atoms with E-state index in [1.54, 1.807) is 0 Å². The van der Waals surface area contributed by atoms with Crippen molar-refractivity contribution in [1.29, 1.82) is 0 Å². The molecule has 1 aliphatic rings. The lowest BCUT2D eigenvalue weighted by atomic mass is 10.1. The van der Waals surface area contributed by atoms with Crippen LogP contribution in [-0.2, 0) is 4.74 Å². The van der Waals surface area contributed by atoms with E-state index in [9.17, 15) is 0 Å². The fraction of sp³-hybridized carbons (Fsp3) is 1.00. The van der Waals surface area contributed by atoms with Gasteiger partial charge in [-0.05, 0) is 25.8 Å². The Bertz CT molecular complexity index is 178. The van der Waals surface area contributed by atoms with E-state index in [2.05, 4.69) is 12.2 Å². The van der Waals surface area contributed by atoms with Crippen molar-refractivity contribution in [3.05, 3.63) is 0 Å². The summed E-state index contributed by atoms with van der Waals surface area (Å²) in [6.07, 6.45) is 17.0. The van der Waals surface area contributed by atoms with Crippen LogP contribution in [0.25, 0.3) is 0 Å². The van der Waals surface area contributed by atoms with Gasteiger partial charge in [0.15, 0.2) is 0 Å². The third-order valence-corrected chi connectivity index (χ3v) is 4.10. The molecule has 1 aliphatic heterocycles. The van der Waals surface area contributed by atoms with E-state index < -0.39 is 0 Å². The Hall–Kier alpha value is -0.0800. The number of piperidine rings is 1. The molecule has 1 rings (SSSR count). The van der Waals surface area contributed by atoms with Gasteiger partial charge in [0.25, 0.3) is 0 Å². The van der Waals surface area contributed by atoms with Crippen molar-refractivity contribution < 1.29 is 4.74 Å². The van der Waals surface area contributed by atoms with Gasteiger partial charge in [-0.15, -0.1) is 0 Å². The van der Waals surface area contributed by atoms with E-state index in [0.29, 0.717) is 6.10 Å². The van der Waals surface area contributed by atoms with Crippen LogP contribution in [0.2, 0.25) is 0 Å². The van der Waals surface area contributed by atoms with Crippen molar-refractivity contribution in [2.45, 2.75) is 90.1 Å². The van der Waals surface area contributed by atoms with E-state index in [1.165, 1.54) is 83.6 Å². The summed E-state index contributed by atoms with van der Waals surface area (Å²) in [5.41, 5.74) is 0. The molecule has 2 heteroatoms. The first kappa shape index (κ1) is 17.0. The Balaban J connectivity index is 1.71. The molecule has 1 N–H and O–H groups in total. The van der Waals surface area contributed by atoms with Crippen LogP contribution in [0.1, 0.15) is 84.0 Å². The molecule has 1 heterocycles. The molecule has 0 aromatic heterocycles. The number of hydrogen-bond acceptors (Lipinski definition) is 2. The largest absolute Gasteiger partial charge is 0.377 e. The number of rotatable bonds is 12. The standard InChI is InChI=1S/C17H35NO/c1-2-3-4-5-6-7-8-9-10-11-15-19-17-13-12-14-18-16-17/h17-18H,2-16H2,1H3. The van der Waals surface area contributed by atoms with Crippen LogP contribution in [0.5, 0.6) is 0 Å². The highest BCUT2D eigenvalue weighted by molar-refractivity contribution is 4.68. The lowest BCUT2D eigenvalue weighted by molar-refractivity contribution is 0.0347. The maximum Gasteiger partial charge on any atom is 0.0699 e. The van der Waals surface area contributed by atoms with Gasteiger partial charge in [0.1, 0.15) is 0 Å². The molecule has 1 fully saturated rings. The average Bonchev–Trinajstić information content (AvgIpc) is 2.46. The summed E-state index contributed by atoms with van der Waals surface area (Å²) < 4.78 is 5.89. The zero-order chi connectivity index (χ0) is 13.6. The van der Waals surface area contributed by atoms with E-state index >= 15 is 0 Å². The lowest BCUT2D eigenvalue weighted by Crippen LogP contribution is -2.35. The Kier molecular flexibility index (Phi) is 11.5. The van der Waals surface area contributed by atoms with Crippen molar-refractivity contribution in [2.24, 2.45) is 0 Å². The topological polar surface area (TPSA) is 21.3 Å². The quantitative estimate of drug-likeness (QED) is 0.520. The predicted molar refractivity (Wildman–Crippen MR) is 83.7 cm³/mol. The van der Waals surface area contributed by atoms with Gasteiger partial charge in [-0.3, -0.25) is 0 Å². The summed E-state index contributed by atoms with van der Waals surface area (Å²) >= 11 is 0. The van der Waals surface area contributed by atoms with Gasteiger partial charge >= 0.3 is 0 Å². The molecule has 2 nitrogen and oxygen atoms in total. The molecule has 19 heavy (non-hydrogen) atoms. The minimum atomic E-state index is 0.493. The molecule has 114 valence electrons. The first-order valence-electron chi connectivity index (χ1n) is 8.76. The summed E-state index contributed by atoms with van der Waals surface area (Å²) in [6.45, 7) is 5.50. The predicted octanol–water partition coefficient (Wildman–Crippen LogP) is 4.68. The van der Waals surface area contributed by atoms with Gasteiger partial charge in [0, 0.05) is 13.2 Å². The van der Waals surface area contributed by atoms with Gasteiger partial charge < -0.3 is 10.1 Å².